The molecule has 9 heteroatoms. The van der Waals surface area contributed by atoms with Crippen molar-refractivity contribution in [3.05, 3.63) is 24.3 Å². The van der Waals surface area contributed by atoms with Gasteiger partial charge in [-0.25, -0.2) is 4.79 Å². The number of nitrogens with one attached hydrogen (secondary N) is 2. The van der Waals surface area contributed by atoms with E-state index in [1.54, 1.807) is 31.2 Å². The number of urea groups is 1. The minimum Gasteiger partial charge on any atom is -0.497 e. The van der Waals surface area contributed by atoms with Crippen LogP contribution in [0.15, 0.2) is 24.3 Å². The van der Waals surface area contributed by atoms with E-state index in [0.29, 0.717) is 23.8 Å². The number of methoxy groups -OCH3 is 1. The molecular formula is C21H29N3O6. The first-order valence-corrected chi connectivity index (χ1v) is 9.84. The molecule has 1 aliphatic rings. The SMILES string of the molecule is COc1ccc(NC(=O)[C@@H](C)OC(=O)CN2C(=O)N[C@@](C)(CCC(C)C)C2=O)cc1. The van der Waals surface area contributed by atoms with Gasteiger partial charge in [0.1, 0.15) is 17.8 Å². The predicted molar refractivity (Wildman–Crippen MR) is 110 cm³/mol. The number of nitrogens with zero attached hydrogens (tertiary/aromatic N) is 1. The number of carbonyl (C=O) groups is 4. The molecule has 0 bridgehead atoms. The second kappa shape index (κ2) is 9.60. The highest BCUT2D eigenvalue weighted by Gasteiger charge is 2.48. The number of hydrogen-bond donors (Lipinski definition) is 2. The maximum absolute atomic E-state index is 12.6. The van der Waals surface area contributed by atoms with Crippen molar-refractivity contribution >= 4 is 29.5 Å². The monoisotopic (exact) mass is 419 g/mol. The lowest BCUT2D eigenvalue weighted by Gasteiger charge is -2.22. The minimum atomic E-state index is -1.10. The molecule has 0 spiro atoms. The van der Waals surface area contributed by atoms with Crippen LogP contribution in [0.1, 0.15) is 40.5 Å². The van der Waals surface area contributed by atoms with Gasteiger partial charge in [0.2, 0.25) is 0 Å². The number of amides is 4. The molecule has 2 rings (SSSR count). The molecule has 30 heavy (non-hydrogen) atoms. The molecule has 2 atom stereocenters. The zero-order valence-electron chi connectivity index (χ0n) is 18.0. The lowest BCUT2D eigenvalue weighted by molar-refractivity contribution is -0.155. The molecule has 2 N–H and O–H groups in total. The Morgan fingerprint density at radius 1 is 1.17 bits per heavy atom. The van der Waals surface area contributed by atoms with Crippen LogP contribution in [0.4, 0.5) is 10.5 Å². The Bertz CT molecular complexity index is 807. The van der Waals surface area contributed by atoms with Crippen LogP contribution < -0.4 is 15.4 Å². The first kappa shape index (κ1) is 23.2. The average molecular weight is 419 g/mol. The number of hydrogen-bond acceptors (Lipinski definition) is 6. The van der Waals surface area contributed by atoms with Crippen molar-refractivity contribution in [2.75, 3.05) is 19.0 Å². The smallest absolute Gasteiger partial charge is 0.327 e. The van der Waals surface area contributed by atoms with Crippen LogP contribution >= 0.6 is 0 Å². The summed E-state index contributed by atoms with van der Waals surface area (Å²) >= 11 is 0. The van der Waals surface area contributed by atoms with Crippen LogP contribution in [0, 0.1) is 5.92 Å². The van der Waals surface area contributed by atoms with Crippen LogP contribution in [-0.2, 0) is 19.1 Å². The van der Waals surface area contributed by atoms with E-state index in [1.807, 2.05) is 13.8 Å². The fourth-order valence-corrected chi connectivity index (χ4v) is 2.97. The first-order chi connectivity index (χ1) is 14.1. The largest absolute Gasteiger partial charge is 0.497 e. The second-order valence-corrected chi connectivity index (χ2v) is 7.94. The normalized spacial score (nSPS) is 19.5. The van der Waals surface area contributed by atoms with E-state index in [0.717, 1.165) is 11.3 Å². The highest BCUT2D eigenvalue weighted by Crippen LogP contribution is 2.24. The molecule has 1 aromatic carbocycles. The Kier molecular flexibility index (Phi) is 7.42. The number of ether oxygens (including phenoxy) is 2. The Labute approximate surface area is 176 Å². The van der Waals surface area contributed by atoms with Gasteiger partial charge in [-0.15, -0.1) is 0 Å². The van der Waals surface area contributed by atoms with Crippen LogP contribution in [0.25, 0.3) is 0 Å². The van der Waals surface area contributed by atoms with E-state index in [2.05, 4.69) is 10.6 Å². The van der Waals surface area contributed by atoms with E-state index in [1.165, 1.54) is 14.0 Å². The van der Waals surface area contributed by atoms with Crippen molar-refractivity contribution < 1.29 is 28.7 Å². The van der Waals surface area contributed by atoms with Gasteiger partial charge < -0.3 is 20.1 Å². The highest BCUT2D eigenvalue weighted by atomic mass is 16.5. The first-order valence-electron chi connectivity index (χ1n) is 9.84. The zero-order valence-corrected chi connectivity index (χ0v) is 18.0. The summed E-state index contributed by atoms with van der Waals surface area (Å²) in [6, 6.07) is 6.02. The summed E-state index contributed by atoms with van der Waals surface area (Å²) in [5, 5.41) is 5.27. The summed E-state index contributed by atoms with van der Waals surface area (Å²) in [5.41, 5.74) is -0.530. The molecule has 1 saturated heterocycles. The van der Waals surface area contributed by atoms with Gasteiger partial charge in [-0.3, -0.25) is 19.3 Å². The summed E-state index contributed by atoms with van der Waals surface area (Å²) < 4.78 is 10.2. The summed E-state index contributed by atoms with van der Waals surface area (Å²) in [5.74, 6) is -0.839. The molecule has 9 nitrogen and oxygen atoms in total. The van der Waals surface area contributed by atoms with Crippen LogP contribution in [0.5, 0.6) is 5.75 Å². The Morgan fingerprint density at radius 3 is 2.37 bits per heavy atom. The van der Waals surface area contributed by atoms with Crippen molar-refractivity contribution in [1.29, 1.82) is 0 Å². The van der Waals surface area contributed by atoms with Crippen molar-refractivity contribution in [1.82, 2.24) is 10.2 Å². The van der Waals surface area contributed by atoms with E-state index in [9.17, 15) is 19.2 Å². The van der Waals surface area contributed by atoms with Gasteiger partial charge in [0.15, 0.2) is 6.10 Å². The fraction of sp³-hybridized carbons (Fsp3) is 0.524. The van der Waals surface area contributed by atoms with E-state index in [4.69, 9.17) is 9.47 Å². The summed E-state index contributed by atoms with van der Waals surface area (Å²) in [6.07, 6.45) is 0.123. The summed E-state index contributed by atoms with van der Waals surface area (Å²) in [4.78, 5) is 50.1. The number of anilines is 1. The van der Waals surface area contributed by atoms with Gasteiger partial charge in [0.05, 0.1) is 7.11 Å². The molecule has 0 aliphatic carbocycles. The molecular weight excluding hydrogens is 390 g/mol. The van der Waals surface area contributed by atoms with Gasteiger partial charge >= 0.3 is 12.0 Å². The predicted octanol–water partition coefficient (Wildman–Crippen LogP) is 2.31. The number of carbonyl (C=O) groups excluding carboxylic acids is 4. The number of benzene rings is 1. The van der Waals surface area contributed by atoms with E-state index >= 15 is 0 Å². The third-order valence-corrected chi connectivity index (χ3v) is 4.89. The van der Waals surface area contributed by atoms with Gasteiger partial charge in [0, 0.05) is 5.69 Å². The van der Waals surface area contributed by atoms with Gasteiger partial charge in [-0.1, -0.05) is 13.8 Å². The topological polar surface area (TPSA) is 114 Å². The Morgan fingerprint density at radius 2 is 1.80 bits per heavy atom. The van der Waals surface area contributed by atoms with Crippen molar-refractivity contribution in [2.45, 2.75) is 52.2 Å². The lowest BCUT2D eigenvalue weighted by Crippen LogP contribution is -2.44. The molecule has 1 heterocycles. The number of esters is 1. The molecule has 0 saturated carbocycles. The maximum Gasteiger partial charge on any atom is 0.327 e. The second-order valence-electron chi connectivity index (χ2n) is 7.94. The zero-order chi connectivity index (χ0) is 22.5. The van der Waals surface area contributed by atoms with E-state index in [-0.39, 0.29) is 0 Å². The van der Waals surface area contributed by atoms with Gasteiger partial charge in [-0.05, 0) is 56.9 Å². The quantitative estimate of drug-likeness (QED) is 0.469. The fourth-order valence-electron chi connectivity index (χ4n) is 2.97. The minimum absolute atomic E-state index is 0.371. The maximum atomic E-state index is 12.6. The molecule has 1 aliphatic heterocycles. The molecule has 0 aromatic heterocycles. The van der Waals surface area contributed by atoms with Crippen molar-refractivity contribution in [3.8, 4) is 5.75 Å². The standard InChI is InChI=1S/C21H29N3O6/c1-13(2)10-11-21(4)19(27)24(20(28)23-21)12-17(25)30-14(3)18(26)22-15-6-8-16(29-5)9-7-15/h6-9,13-14H,10-12H2,1-5H3,(H,22,26)(H,23,28)/t14-,21+/m1/s1. The molecule has 164 valence electrons. The molecule has 0 radical (unpaired) electrons. The number of rotatable bonds is 9. The third-order valence-electron chi connectivity index (χ3n) is 4.89. The highest BCUT2D eigenvalue weighted by molar-refractivity contribution is 6.08. The summed E-state index contributed by atoms with van der Waals surface area (Å²) in [6.45, 7) is 6.56. The molecule has 4 amide bonds. The van der Waals surface area contributed by atoms with Crippen LogP contribution in [0.2, 0.25) is 0 Å². The summed E-state index contributed by atoms with van der Waals surface area (Å²) in [7, 11) is 1.54. The molecule has 1 aromatic rings. The lowest BCUT2D eigenvalue weighted by atomic mass is 9.92. The third kappa shape index (κ3) is 5.71. The van der Waals surface area contributed by atoms with Crippen molar-refractivity contribution in [3.63, 3.8) is 0 Å². The molecule has 1 fully saturated rings. The molecule has 0 unspecified atom stereocenters. The van der Waals surface area contributed by atoms with Crippen LogP contribution in [-0.4, -0.2) is 54.0 Å². The van der Waals surface area contributed by atoms with E-state index < -0.39 is 42.0 Å². The number of imide groups is 1. The Hall–Kier alpha value is -3.10. The Balaban J connectivity index is 1.90. The van der Waals surface area contributed by atoms with Crippen LogP contribution in [0.3, 0.4) is 0 Å². The van der Waals surface area contributed by atoms with Gasteiger partial charge in [0.25, 0.3) is 11.8 Å². The average Bonchev–Trinajstić information content (AvgIpc) is 2.90. The van der Waals surface area contributed by atoms with Crippen molar-refractivity contribution in [2.24, 2.45) is 5.92 Å². The van der Waals surface area contributed by atoms with Gasteiger partial charge in [-0.2, -0.15) is 0 Å².